The van der Waals surface area contributed by atoms with Crippen molar-refractivity contribution in [2.45, 2.75) is 19.0 Å². The highest BCUT2D eigenvalue weighted by atomic mass is 35.5. The van der Waals surface area contributed by atoms with Crippen LogP contribution in [0, 0.1) is 6.92 Å². The molecule has 0 radical (unpaired) electrons. The Bertz CT molecular complexity index is 1610. The third kappa shape index (κ3) is 5.20. The lowest BCUT2D eigenvalue weighted by molar-refractivity contribution is 0.416. The minimum absolute atomic E-state index is 0.296. The van der Waals surface area contributed by atoms with E-state index in [4.69, 9.17) is 33.0 Å². The van der Waals surface area contributed by atoms with Crippen molar-refractivity contribution in [1.82, 2.24) is 10.3 Å². The highest BCUT2D eigenvalue weighted by molar-refractivity contribution is 7.92. The average molecular weight is 569 g/mol. The molecule has 38 heavy (non-hydrogen) atoms. The van der Waals surface area contributed by atoms with Crippen LogP contribution in [0.3, 0.4) is 0 Å². The van der Waals surface area contributed by atoms with Gasteiger partial charge in [-0.15, -0.1) is 0 Å². The Labute approximate surface area is 231 Å². The van der Waals surface area contributed by atoms with Gasteiger partial charge in [-0.2, -0.15) is 0 Å². The van der Waals surface area contributed by atoms with Crippen LogP contribution in [0.15, 0.2) is 77.3 Å². The number of anilines is 2. The first kappa shape index (κ1) is 26.0. The molecule has 0 amide bonds. The molecule has 0 spiro atoms. The Balaban J connectivity index is 1.61. The molecule has 0 saturated carbocycles. The third-order valence-corrected chi connectivity index (χ3v) is 7.54. The van der Waals surface area contributed by atoms with Gasteiger partial charge in [-0.3, -0.25) is 9.71 Å². The molecule has 4 aromatic rings. The summed E-state index contributed by atoms with van der Waals surface area (Å²) in [5, 5.41) is 4.47. The first-order chi connectivity index (χ1) is 18.1. The topological polar surface area (TPSA) is 96.7 Å². The van der Waals surface area contributed by atoms with E-state index in [1.807, 2.05) is 66.4 Å². The molecule has 2 atom stereocenters. The summed E-state index contributed by atoms with van der Waals surface area (Å²) in [5.74, 6) is 1.69. The predicted octanol–water partition coefficient (Wildman–Crippen LogP) is 5.86. The van der Waals surface area contributed by atoms with Gasteiger partial charge in [0, 0.05) is 22.5 Å². The van der Waals surface area contributed by atoms with Crippen LogP contribution in [0.25, 0.3) is 11.3 Å². The SMILES string of the molecule is COc1ccc(N2C(=S)N[C@@H](c3ccccn3)[C@H]2c2ccc(-c3ccc(C)c(Cl)c3)o2)cc1NS(C)(=O)=O. The Morgan fingerprint density at radius 2 is 1.95 bits per heavy atom. The maximum absolute atomic E-state index is 12.0. The largest absolute Gasteiger partial charge is 0.495 e. The summed E-state index contributed by atoms with van der Waals surface area (Å²) in [7, 11) is -2.07. The van der Waals surface area contributed by atoms with Crippen molar-refractivity contribution in [2.75, 3.05) is 23.0 Å². The smallest absolute Gasteiger partial charge is 0.229 e. The summed E-state index contributed by atoms with van der Waals surface area (Å²) in [5.41, 5.74) is 3.55. The zero-order chi connectivity index (χ0) is 27.0. The number of pyridine rings is 1. The maximum Gasteiger partial charge on any atom is 0.229 e. The number of aryl methyl sites for hydroxylation is 1. The molecule has 2 aromatic carbocycles. The quantitative estimate of drug-likeness (QED) is 0.268. The summed E-state index contributed by atoms with van der Waals surface area (Å²) in [6.45, 7) is 1.95. The van der Waals surface area contributed by atoms with Gasteiger partial charge in [0.2, 0.25) is 10.0 Å². The fourth-order valence-corrected chi connectivity index (χ4v) is 5.55. The number of nitrogens with one attached hydrogen (secondary N) is 2. The first-order valence-corrected chi connectivity index (χ1v) is 14.3. The van der Waals surface area contributed by atoms with E-state index in [2.05, 4.69) is 15.0 Å². The number of benzene rings is 2. The van der Waals surface area contributed by atoms with Crippen molar-refractivity contribution in [3.8, 4) is 17.1 Å². The number of furan rings is 1. The number of methoxy groups -OCH3 is 1. The summed E-state index contributed by atoms with van der Waals surface area (Å²) in [6.07, 6.45) is 2.81. The molecule has 196 valence electrons. The van der Waals surface area contributed by atoms with E-state index < -0.39 is 16.1 Å². The van der Waals surface area contributed by atoms with Gasteiger partial charge in [0.05, 0.1) is 30.8 Å². The number of sulfonamides is 1. The monoisotopic (exact) mass is 568 g/mol. The molecule has 0 unspecified atom stereocenters. The zero-order valence-corrected chi connectivity index (χ0v) is 23.2. The summed E-state index contributed by atoms with van der Waals surface area (Å²) in [4.78, 5) is 6.45. The van der Waals surface area contributed by atoms with Gasteiger partial charge in [0.1, 0.15) is 23.3 Å². The second-order valence-corrected chi connectivity index (χ2v) is 11.5. The van der Waals surface area contributed by atoms with E-state index in [0.717, 1.165) is 23.1 Å². The van der Waals surface area contributed by atoms with Crippen molar-refractivity contribution < 1.29 is 17.6 Å². The van der Waals surface area contributed by atoms with Crippen LogP contribution in [0.5, 0.6) is 5.75 Å². The van der Waals surface area contributed by atoms with Gasteiger partial charge < -0.3 is 19.4 Å². The number of hydrogen-bond acceptors (Lipinski definition) is 6. The molecular weight excluding hydrogens is 544 g/mol. The zero-order valence-electron chi connectivity index (χ0n) is 20.8. The Kier molecular flexibility index (Phi) is 7.04. The highest BCUT2D eigenvalue weighted by Crippen LogP contribution is 2.44. The van der Waals surface area contributed by atoms with E-state index in [9.17, 15) is 8.42 Å². The van der Waals surface area contributed by atoms with Gasteiger partial charge in [0.25, 0.3) is 0 Å². The van der Waals surface area contributed by atoms with Crippen molar-refractivity contribution in [3.63, 3.8) is 0 Å². The fourth-order valence-electron chi connectivity index (χ4n) is 4.46. The Morgan fingerprint density at radius 3 is 2.63 bits per heavy atom. The lowest BCUT2D eigenvalue weighted by Crippen LogP contribution is -2.29. The van der Waals surface area contributed by atoms with Crippen LogP contribution in [0.1, 0.15) is 29.1 Å². The van der Waals surface area contributed by atoms with Crippen molar-refractivity contribution in [1.29, 1.82) is 0 Å². The van der Waals surface area contributed by atoms with Gasteiger partial charge in [-0.25, -0.2) is 8.42 Å². The van der Waals surface area contributed by atoms with E-state index in [0.29, 0.717) is 38.8 Å². The lowest BCUT2D eigenvalue weighted by atomic mass is 10.0. The normalized spacial score (nSPS) is 17.4. The number of ether oxygens (including phenoxy) is 1. The molecule has 1 fully saturated rings. The molecule has 1 saturated heterocycles. The number of hydrogen-bond donors (Lipinski definition) is 2. The fraction of sp³-hybridized carbons (Fsp3) is 0.185. The number of aromatic nitrogens is 1. The molecule has 2 aromatic heterocycles. The molecule has 1 aliphatic heterocycles. The highest BCUT2D eigenvalue weighted by Gasteiger charge is 2.42. The van der Waals surface area contributed by atoms with Crippen LogP contribution in [-0.4, -0.2) is 31.9 Å². The van der Waals surface area contributed by atoms with Crippen LogP contribution >= 0.6 is 23.8 Å². The van der Waals surface area contributed by atoms with Crippen LogP contribution in [-0.2, 0) is 10.0 Å². The van der Waals surface area contributed by atoms with E-state index in [1.54, 1.807) is 18.3 Å². The van der Waals surface area contributed by atoms with E-state index in [-0.39, 0.29) is 6.04 Å². The molecular formula is C27H25ClN4O4S2. The molecule has 8 nitrogen and oxygen atoms in total. The minimum Gasteiger partial charge on any atom is -0.495 e. The van der Waals surface area contributed by atoms with Crippen molar-refractivity contribution in [2.24, 2.45) is 0 Å². The van der Waals surface area contributed by atoms with E-state index in [1.165, 1.54) is 7.11 Å². The molecule has 5 rings (SSSR count). The van der Waals surface area contributed by atoms with Gasteiger partial charge in [-0.1, -0.05) is 29.8 Å². The molecule has 3 heterocycles. The summed E-state index contributed by atoms with van der Waals surface area (Å²) >= 11 is 12.1. The number of halogens is 1. The second-order valence-electron chi connectivity index (χ2n) is 8.92. The van der Waals surface area contributed by atoms with Gasteiger partial charge in [-0.05, 0) is 73.2 Å². The van der Waals surface area contributed by atoms with Crippen molar-refractivity contribution >= 4 is 50.3 Å². The molecule has 0 bridgehead atoms. The standard InChI is InChI=1S/C27H25ClN4O4S2/c1-16-7-8-17(14-19(16)28)22-11-12-24(36-22)26-25(20-6-4-5-13-29-20)30-27(37)32(26)18-9-10-23(35-2)21(15-18)31-38(3,33)34/h4-15,25-26,31H,1-3H3,(H,30,37)/t25-,26+/m0/s1. The predicted molar refractivity (Wildman–Crippen MR) is 153 cm³/mol. The molecule has 11 heteroatoms. The van der Waals surface area contributed by atoms with Crippen molar-refractivity contribution in [3.05, 3.63) is 95.0 Å². The lowest BCUT2D eigenvalue weighted by Gasteiger charge is -2.27. The first-order valence-electron chi connectivity index (χ1n) is 11.7. The van der Waals surface area contributed by atoms with Gasteiger partial charge in [0.15, 0.2) is 5.11 Å². The molecule has 2 N–H and O–H groups in total. The van der Waals surface area contributed by atoms with E-state index >= 15 is 0 Å². The van der Waals surface area contributed by atoms with Crippen LogP contribution in [0.4, 0.5) is 11.4 Å². The Hall–Kier alpha value is -3.60. The summed E-state index contributed by atoms with van der Waals surface area (Å²) in [6, 6.07) is 19.7. The van der Waals surface area contributed by atoms with Gasteiger partial charge >= 0.3 is 0 Å². The average Bonchev–Trinajstić information content (AvgIpc) is 3.50. The molecule has 1 aliphatic rings. The Morgan fingerprint density at radius 1 is 1.13 bits per heavy atom. The second kappa shape index (κ2) is 10.3. The number of thiocarbonyl (C=S) groups is 1. The third-order valence-electron chi connectivity index (χ3n) is 6.23. The minimum atomic E-state index is -3.55. The number of rotatable bonds is 7. The van der Waals surface area contributed by atoms with Crippen LogP contribution in [0.2, 0.25) is 5.02 Å². The maximum atomic E-state index is 12.0. The number of nitrogens with zero attached hydrogens (tertiary/aromatic N) is 2. The molecule has 0 aliphatic carbocycles. The van der Waals surface area contributed by atoms with Crippen LogP contribution < -0.4 is 19.7 Å². The summed E-state index contributed by atoms with van der Waals surface area (Å²) < 4.78 is 38.3.